The lowest BCUT2D eigenvalue weighted by Crippen LogP contribution is -1.97. The quantitative estimate of drug-likeness (QED) is 0.560. The van der Waals surface area contributed by atoms with Crippen molar-refractivity contribution in [2.45, 2.75) is 6.55 Å². The van der Waals surface area contributed by atoms with Crippen LogP contribution in [-0.2, 0) is 0 Å². The molecule has 0 bridgehead atoms. The molecule has 4 rings (SSSR count). The van der Waals surface area contributed by atoms with Gasteiger partial charge in [-0.1, -0.05) is 12.1 Å². The van der Waals surface area contributed by atoms with Crippen LogP contribution < -0.4 is 0 Å². The minimum Gasteiger partial charge on any atom is -0.284 e. The maximum absolute atomic E-state index is 13.5. The van der Waals surface area contributed by atoms with Crippen molar-refractivity contribution in [3.63, 3.8) is 0 Å². The number of alkyl halides is 2. The van der Waals surface area contributed by atoms with Crippen LogP contribution in [0.4, 0.5) is 8.78 Å². The molecule has 0 aliphatic carbocycles. The number of fused-ring (bicyclic) bond motifs is 3. The Labute approximate surface area is 124 Å². The molecule has 1 aromatic carbocycles. The monoisotopic (exact) mass is 296 g/mol. The Kier molecular flexibility index (Phi) is 2.82. The number of aromatic nitrogens is 4. The average molecular weight is 296 g/mol. The smallest absolute Gasteiger partial charge is 0.284 e. The third-order valence-corrected chi connectivity index (χ3v) is 3.69. The van der Waals surface area contributed by atoms with Gasteiger partial charge in [-0.3, -0.25) is 9.55 Å². The fraction of sp³-hybridized carbons (Fsp3) is 0.0625. The molecule has 3 aromatic heterocycles. The van der Waals surface area contributed by atoms with Crippen LogP contribution >= 0.6 is 0 Å². The topological polar surface area (TPSA) is 43.6 Å². The lowest BCUT2D eigenvalue weighted by atomic mass is 10.1. The van der Waals surface area contributed by atoms with Crippen LogP contribution in [0.2, 0.25) is 0 Å². The van der Waals surface area contributed by atoms with E-state index < -0.39 is 6.55 Å². The summed E-state index contributed by atoms with van der Waals surface area (Å²) in [7, 11) is 0. The zero-order valence-electron chi connectivity index (χ0n) is 11.3. The molecule has 108 valence electrons. The van der Waals surface area contributed by atoms with Gasteiger partial charge in [0, 0.05) is 41.1 Å². The number of pyridine rings is 1. The van der Waals surface area contributed by atoms with Gasteiger partial charge in [-0.05, 0) is 17.7 Å². The molecule has 4 nitrogen and oxygen atoms in total. The van der Waals surface area contributed by atoms with Gasteiger partial charge in [0.1, 0.15) is 6.33 Å². The first-order valence-electron chi connectivity index (χ1n) is 6.67. The van der Waals surface area contributed by atoms with Gasteiger partial charge in [-0.25, -0.2) is 9.97 Å². The van der Waals surface area contributed by atoms with Gasteiger partial charge in [0.25, 0.3) is 0 Å². The van der Waals surface area contributed by atoms with Gasteiger partial charge >= 0.3 is 6.55 Å². The van der Waals surface area contributed by atoms with E-state index in [4.69, 9.17) is 0 Å². The summed E-state index contributed by atoms with van der Waals surface area (Å²) in [6.45, 7) is -2.62. The Morgan fingerprint density at radius 2 is 1.64 bits per heavy atom. The molecule has 0 atom stereocenters. The Hall–Kier alpha value is -2.89. The van der Waals surface area contributed by atoms with Gasteiger partial charge in [0.05, 0.1) is 11.0 Å². The summed E-state index contributed by atoms with van der Waals surface area (Å²) >= 11 is 0. The zero-order chi connectivity index (χ0) is 15.1. The predicted octanol–water partition coefficient (Wildman–Crippen LogP) is 4.04. The summed E-state index contributed by atoms with van der Waals surface area (Å²) in [4.78, 5) is 12.0. The predicted molar refractivity (Wildman–Crippen MR) is 79.5 cm³/mol. The van der Waals surface area contributed by atoms with Gasteiger partial charge in [0.15, 0.2) is 0 Å². The zero-order valence-corrected chi connectivity index (χ0v) is 11.3. The maximum atomic E-state index is 13.5. The molecule has 4 aromatic rings. The van der Waals surface area contributed by atoms with E-state index in [1.54, 1.807) is 30.7 Å². The van der Waals surface area contributed by atoms with Crippen molar-refractivity contribution in [1.29, 1.82) is 0 Å². The van der Waals surface area contributed by atoms with E-state index in [1.165, 1.54) is 12.5 Å². The standard InChI is InChI=1S/C16H10F2N4/c17-16(18)22-14-3-4-19-8-13(14)12-2-1-10(5-15(12)22)11-6-20-9-21-7-11/h1-9,16H. The van der Waals surface area contributed by atoms with Gasteiger partial charge in [-0.15, -0.1) is 0 Å². The highest BCUT2D eigenvalue weighted by Crippen LogP contribution is 2.34. The minimum absolute atomic E-state index is 0.472. The molecular weight excluding hydrogens is 286 g/mol. The second-order valence-corrected chi connectivity index (χ2v) is 4.90. The van der Waals surface area contributed by atoms with Crippen LogP contribution in [0.3, 0.4) is 0 Å². The van der Waals surface area contributed by atoms with E-state index in [-0.39, 0.29) is 0 Å². The third-order valence-electron chi connectivity index (χ3n) is 3.69. The molecule has 22 heavy (non-hydrogen) atoms. The van der Waals surface area contributed by atoms with E-state index in [2.05, 4.69) is 15.0 Å². The fourth-order valence-corrected chi connectivity index (χ4v) is 2.73. The number of nitrogens with zero attached hydrogens (tertiary/aromatic N) is 4. The Balaban J connectivity index is 2.07. The van der Waals surface area contributed by atoms with Crippen molar-refractivity contribution in [3.8, 4) is 11.1 Å². The second kappa shape index (κ2) is 4.84. The van der Waals surface area contributed by atoms with Gasteiger partial charge in [0.2, 0.25) is 0 Å². The van der Waals surface area contributed by atoms with Crippen LogP contribution in [0.25, 0.3) is 32.9 Å². The van der Waals surface area contributed by atoms with Crippen molar-refractivity contribution >= 4 is 21.8 Å². The number of hydrogen-bond acceptors (Lipinski definition) is 3. The van der Waals surface area contributed by atoms with Gasteiger partial charge in [-0.2, -0.15) is 8.78 Å². The molecule has 0 saturated carbocycles. The molecule has 6 heteroatoms. The summed E-state index contributed by atoms with van der Waals surface area (Å²) in [6, 6.07) is 7.05. The molecule has 0 aliphatic heterocycles. The lowest BCUT2D eigenvalue weighted by Gasteiger charge is -2.06. The first kappa shape index (κ1) is 12.8. The van der Waals surface area contributed by atoms with E-state index in [9.17, 15) is 8.78 Å². The molecule has 0 aliphatic rings. The Bertz CT molecular complexity index is 964. The second-order valence-electron chi connectivity index (χ2n) is 4.90. The number of hydrogen-bond donors (Lipinski definition) is 0. The molecule has 0 N–H and O–H groups in total. The van der Waals surface area contributed by atoms with E-state index in [1.807, 2.05) is 12.1 Å². The molecular formula is C16H10F2N4. The molecule has 0 spiro atoms. The summed E-state index contributed by atoms with van der Waals surface area (Å²) in [5, 5.41) is 1.47. The number of benzene rings is 1. The van der Waals surface area contributed by atoms with Crippen LogP contribution in [-0.4, -0.2) is 19.5 Å². The van der Waals surface area contributed by atoms with Gasteiger partial charge < -0.3 is 0 Å². The van der Waals surface area contributed by atoms with E-state index in [0.29, 0.717) is 16.4 Å². The first-order valence-corrected chi connectivity index (χ1v) is 6.67. The summed E-state index contributed by atoms with van der Waals surface area (Å²) in [6.07, 6.45) is 7.88. The number of halogens is 2. The molecule has 0 amide bonds. The van der Waals surface area contributed by atoms with Crippen molar-refractivity contribution in [2.75, 3.05) is 0 Å². The number of rotatable bonds is 2. The summed E-state index contributed by atoms with van der Waals surface area (Å²) in [5.41, 5.74) is 2.53. The van der Waals surface area contributed by atoms with Crippen LogP contribution in [0.15, 0.2) is 55.4 Å². The fourth-order valence-electron chi connectivity index (χ4n) is 2.73. The molecule has 0 fully saturated rings. The van der Waals surface area contributed by atoms with E-state index in [0.717, 1.165) is 21.1 Å². The van der Waals surface area contributed by atoms with Crippen LogP contribution in [0, 0.1) is 0 Å². The lowest BCUT2D eigenvalue weighted by molar-refractivity contribution is 0.0796. The first-order chi connectivity index (χ1) is 10.8. The van der Waals surface area contributed by atoms with E-state index >= 15 is 0 Å². The highest BCUT2D eigenvalue weighted by Gasteiger charge is 2.17. The Morgan fingerprint density at radius 3 is 2.41 bits per heavy atom. The molecule has 3 heterocycles. The summed E-state index contributed by atoms with van der Waals surface area (Å²) < 4.78 is 28.1. The highest BCUT2D eigenvalue weighted by atomic mass is 19.3. The maximum Gasteiger partial charge on any atom is 0.319 e. The van der Waals surface area contributed by atoms with Crippen LogP contribution in [0.1, 0.15) is 6.55 Å². The van der Waals surface area contributed by atoms with Crippen molar-refractivity contribution in [2.24, 2.45) is 0 Å². The Morgan fingerprint density at radius 1 is 0.818 bits per heavy atom. The molecule has 0 saturated heterocycles. The van der Waals surface area contributed by atoms with Crippen molar-refractivity contribution in [3.05, 3.63) is 55.4 Å². The average Bonchev–Trinajstić information content (AvgIpc) is 2.89. The SMILES string of the molecule is FC(F)n1c2ccncc2c2ccc(-c3cncnc3)cc21. The van der Waals surface area contributed by atoms with Crippen molar-refractivity contribution < 1.29 is 8.78 Å². The minimum atomic E-state index is -2.62. The van der Waals surface area contributed by atoms with Crippen LogP contribution in [0.5, 0.6) is 0 Å². The third kappa shape index (κ3) is 1.84. The molecule has 0 unspecified atom stereocenters. The highest BCUT2D eigenvalue weighted by molar-refractivity contribution is 6.08. The normalized spacial score (nSPS) is 11.6. The largest absolute Gasteiger partial charge is 0.319 e. The molecule has 0 radical (unpaired) electrons. The summed E-state index contributed by atoms with van der Waals surface area (Å²) in [5.74, 6) is 0. The van der Waals surface area contributed by atoms with Crippen molar-refractivity contribution in [1.82, 2.24) is 19.5 Å².